The van der Waals surface area contributed by atoms with E-state index in [0.717, 1.165) is 6.07 Å². The molecular formula is C14H11F3O3S. The number of halogens is 3. The van der Waals surface area contributed by atoms with Gasteiger partial charge in [0.2, 0.25) is 0 Å². The van der Waals surface area contributed by atoms with Gasteiger partial charge < -0.3 is 4.18 Å². The molecule has 0 aliphatic rings. The topological polar surface area (TPSA) is 43.4 Å². The fourth-order valence-electron chi connectivity index (χ4n) is 1.73. The average Bonchev–Trinajstić information content (AvgIpc) is 2.40. The zero-order valence-electron chi connectivity index (χ0n) is 10.9. The minimum Gasteiger partial charge on any atom is -0.378 e. The van der Waals surface area contributed by atoms with Crippen LogP contribution in [0, 0.1) is 6.92 Å². The number of benzene rings is 2. The Bertz CT molecular complexity index is 738. The molecule has 0 spiro atoms. The minimum atomic E-state index is -4.70. The Morgan fingerprint density at radius 1 is 0.952 bits per heavy atom. The molecule has 0 N–H and O–H groups in total. The van der Waals surface area contributed by atoms with Gasteiger partial charge in [-0.25, -0.2) is 0 Å². The van der Waals surface area contributed by atoms with Crippen LogP contribution in [0.5, 0.6) is 5.75 Å². The highest BCUT2D eigenvalue weighted by Crippen LogP contribution is 2.39. The lowest BCUT2D eigenvalue weighted by Crippen LogP contribution is -2.15. The van der Waals surface area contributed by atoms with Crippen LogP contribution in [0.4, 0.5) is 13.2 Å². The van der Waals surface area contributed by atoms with Gasteiger partial charge >= 0.3 is 16.3 Å². The van der Waals surface area contributed by atoms with E-state index in [1.54, 1.807) is 6.07 Å². The first kappa shape index (κ1) is 15.4. The first-order chi connectivity index (χ1) is 9.72. The van der Waals surface area contributed by atoms with Gasteiger partial charge in [0.15, 0.2) is 5.75 Å². The van der Waals surface area contributed by atoms with E-state index >= 15 is 0 Å². The summed E-state index contributed by atoms with van der Waals surface area (Å²) in [5, 5.41) is 0. The average molecular weight is 316 g/mol. The fraction of sp³-hybridized carbons (Fsp3) is 0.143. The predicted octanol–water partition coefficient (Wildman–Crippen LogP) is 3.78. The van der Waals surface area contributed by atoms with Crippen molar-refractivity contribution >= 4 is 10.1 Å². The third-order valence-electron chi connectivity index (χ3n) is 2.74. The van der Waals surface area contributed by atoms with E-state index in [2.05, 4.69) is 0 Å². The first-order valence-electron chi connectivity index (χ1n) is 5.88. The minimum absolute atomic E-state index is 0.0873. The van der Waals surface area contributed by atoms with Gasteiger partial charge in [-0.1, -0.05) is 30.3 Å². The standard InChI is InChI=1S/C14H11F3O3S/c1-10-6-5-9-12(14(15,16)17)13(10)20-21(18,19)11-7-3-2-4-8-11/h2-9H,1H3. The van der Waals surface area contributed by atoms with Gasteiger partial charge in [0.05, 0.1) is 5.56 Å². The quantitative estimate of drug-likeness (QED) is 0.809. The maximum absolute atomic E-state index is 12.9. The number of para-hydroxylation sites is 1. The van der Waals surface area contributed by atoms with Gasteiger partial charge in [0.1, 0.15) is 4.90 Å². The molecule has 3 nitrogen and oxygen atoms in total. The molecule has 7 heteroatoms. The highest BCUT2D eigenvalue weighted by molar-refractivity contribution is 7.87. The number of alkyl halides is 3. The van der Waals surface area contributed by atoms with Crippen molar-refractivity contribution in [1.29, 1.82) is 0 Å². The molecular weight excluding hydrogens is 305 g/mol. The van der Waals surface area contributed by atoms with E-state index in [1.807, 2.05) is 0 Å². The van der Waals surface area contributed by atoms with Gasteiger partial charge in [-0.3, -0.25) is 0 Å². The Hall–Kier alpha value is -2.02. The molecule has 2 aromatic rings. The molecule has 112 valence electrons. The van der Waals surface area contributed by atoms with Crippen molar-refractivity contribution in [3.05, 3.63) is 59.7 Å². The van der Waals surface area contributed by atoms with E-state index in [-0.39, 0.29) is 10.5 Å². The summed E-state index contributed by atoms with van der Waals surface area (Å²) in [7, 11) is -4.32. The van der Waals surface area contributed by atoms with Crippen molar-refractivity contribution in [3.63, 3.8) is 0 Å². The number of hydrogen-bond acceptors (Lipinski definition) is 3. The van der Waals surface area contributed by atoms with E-state index in [0.29, 0.717) is 0 Å². The Balaban J connectivity index is 2.50. The monoisotopic (exact) mass is 316 g/mol. The Kier molecular flexibility index (Phi) is 3.95. The summed E-state index contributed by atoms with van der Waals surface area (Å²) in [6.07, 6.45) is -4.70. The third-order valence-corrected chi connectivity index (χ3v) is 3.98. The summed E-state index contributed by atoms with van der Waals surface area (Å²) in [6.45, 7) is 1.35. The maximum Gasteiger partial charge on any atom is 0.420 e. The number of rotatable bonds is 3. The summed E-state index contributed by atoms with van der Waals surface area (Å²) in [5.74, 6) is -0.700. The molecule has 2 aromatic carbocycles. The highest BCUT2D eigenvalue weighted by atomic mass is 32.2. The Morgan fingerprint density at radius 3 is 2.14 bits per heavy atom. The van der Waals surface area contributed by atoms with Crippen LogP contribution < -0.4 is 4.18 Å². The van der Waals surface area contributed by atoms with Crippen LogP contribution in [0.1, 0.15) is 11.1 Å². The zero-order chi connectivity index (χ0) is 15.7. The molecule has 0 aromatic heterocycles. The molecule has 0 atom stereocenters. The Morgan fingerprint density at radius 2 is 1.57 bits per heavy atom. The number of hydrogen-bond donors (Lipinski definition) is 0. The van der Waals surface area contributed by atoms with Crippen molar-refractivity contribution in [2.24, 2.45) is 0 Å². The van der Waals surface area contributed by atoms with Crippen LogP contribution in [0.25, 0.3) is 0 Å². The summed E-state index contributed by atoms with van der Waals surface area (Å²) >= 11 is 0. The fourth-order valence-corrected chi connectivity index (χ4v) is 2.76. The van der Waals surface area contributed by atoms with E-state index < -0.39 is 27.6 Å². The van der Waals surface area contributed by atoms with Crippen LogP contribution in [-0.2, 0) is 16.3 Å². The molecule has 0 bridgehead atoms. The number of aryl methyl sites for hydroxylation is 1. The lowest BCUT2D eigenvalue weighted by Gasteiger charge is -2.15. The molecule has 0 radical (unpaired) electrons. The van der Waals surface area contributed by atoms with Crippen molar-refractivity contribution in [3.8, 4) is 5.75 Å². The van der Waals surface area contributed by atoms with Crippen molar-refractivity contribution in [2.75, 3.05) is 0 Å². The molecule has 0 heterocycles. The van der Waals surface area contributed by atoms with Gasteiger partial charge in [-0.15, -0.1) is 0 Å². The molecule has 0 fully saturated rings. The summed E-state index contributed by atoms with van der Waals surface area (Å²) in [5.41, 5.74) is -1.04. The van der Waals surface area contributed by atoms with Gasteiger partial charge in [0.25, 0.3) is 0 Å². The highest BCUT2D eigenvalue weighted by Gasteiger charge is 2.36. The lowest BCUT2D eigenvalue weighted by atomic mass is 10.1. The normalized spacial score (nSPS) is 12.2. The largest absolute Gasteiger partial charge is 0.420 e. The van der Waals surface area contributed by atoms with E-state index in [1.165, 1.54) is 43.3 Å². The Labute approximate surface area is 120 Å². The molecule has 2 rings (SSSR count). The zero-order valence-corrected chi connectivity index (χ0v) is 11.7. The smallest absolute Gasteiger partial charge is 0.378 e. The predicted molar refractivity (Wildman–Crippen MR) is 70.4 cm³/mol. The van der Waals surface area contributed by atoms with Crippen molar-refractivity contribution < 1.29 is 25.8 Å². The van der Waals surface area contributed by atoms with Gasteiger partial charge in [-0.05, 0) is 30.7 Å². The van der Waals surface area contributed by atoms with Crippen molar-refractivity contribution in [1.82, 2.24) is 0 Å². The lowest BCUT2D eigenvalue weighted by molar-refractivity contribution is -0.138. The van der Waals surface area contributed by atoms with Crippen LogP contribution >= 0.6 is 0 Å². The second-order valence-corrected chi connectivity index (χ2v) is 5.85. The maximum atomic E-state index is 12.9. The second kappa shape index (κ2) is 5.40. The molecule has 0 saturated heterocycles. The van der Waals surface area contributed by atoms with Crippen LogP contribution in [-0.4, -0.2) is 8.42 Å². The molecule has 21 heavy (non-hydrogen) atoms. The molecule has 0 amide bonds. The van der Waals surface area contributed by atoms with Gasteiger partial charge in [-0.2, -0.15) is 21.6 Å². The van der Waals surface area contributed by atoms with Crippen molar-refractivity contribution in [2.45, 2.75) is 18.0 Å². The molecule has 0 saturated carbocycles. The van der Waals surface area contributed by atoms with Gasteiger partial charge in [0, 0.05) is 0 Å². The molecule has 0 unspecified atom stereocenters. The van der Waals surface area contributed by atoms with Crippen LogP contribution in [0.15, 0.2) is 53.4 Å². The van der Waals surface area contributed by atoms with Crippen LogP contribution in [0.3, 0.4) is 0 Å². The molecule has 0 aliphatic heterocycles. The first-order valence-corrected chi connectivity index (χ1v) is 7.29. The van der Waals surface area contributed by atoms with E-state index in [9.17, 15) is 21.6 Å². The third kappa shape index (κ3) is 3.36. The summed E-state index contributed by atoms with van der Waals surface area (Å²) in [4.78, 5) is -0.207. The van der Waals surface area contributed by atoms with Crippen LogP contribution in [0.2, 0.25) is 0 Å². The summed E-state index contributed by atoms with van der Waals surface area (Å²) in [6, 6.07) is 10.3. The second-order valence-electron chi connectivity index (χ2n) is 4.30. The summed E-state index contributed by atoms with van der Waals surface area (Å²) < 4.78 is 67.6. The SMILES string of the molecule is Cc1cccc(C(F)(F)F)c1OS(=O)(=O)c1ccccc1. The van der Waals surface area contributed by atoms with E-state index in [4.69, 9.17) is 4.18 Å². The molecule has 0 aliphatic carbocycles.